The Hall–Kier alpha value is -0.570. The SMILES string of the molecule is CCCC1CC(=O)N(CCCCCO)C1. The molecule has 1 fully saturated rings. The van der Waals surface area contributed by atoms with Crippen LogP contribution in [0.2, 0.25) is 0 Å². The molecule has 0 aromatic rings. The molecule has 0 saturated carbocycles. The third-order valence-corrected chi connectivity index (χ3v) is 3.08. The van der Waals surface area contributed by atoms with Crippen molar-refractivity contribution in [1.29, 1.82) is 0 Å². The van der Waals surface area contributed by atoms with Crippen LogP contribution in [0.3, 0.4) is 0 Å². The predicted molar refractivity (Wildman–Crippen MR) is 60.5 cm³/mol. The van der Waals surface area contributed by atoms with Crippen molar-refractivity contribution < 1.29 is 9.90 Å². The number of carbonyl (C=O) groups excluding carboxylic acids is 1. The lowest BCUT2D eigenvalue weighted by molar-refractivity contribution is -0.127. The summed E-state index contributed by atoms with van der Waals surface area (Å²) in [5.41, 5.74) is 0. The van der Waals surface area contributed by atoms with Gasteiger partial charge in [-0.25, -0.2) is 0 Å². The zero-order valence-corrected chi connectivity index (χ0v) is 9.74. The van der Waals surface area contributed by atoms with E-state index in [1.807, 2.05) is 4.90 Å². The highest BCUT2D eigenvalue weighted by Gasteiger charge is 2.27. The van der Waals surface area contributed by atoms with E-state index in [-0.39, 0.29) is 6.61 Å². The van der Waals surface area contributed by atoms with Crippen molar-refractivity contribution in [3.8, 4) is 0 Å². The van der Waals surface area contributed by atoms with Gasteiger partial charge in [0.1, 0.15) is 0 Å². The first kappa shape index (κ1) is 12.5. The van der Waals surface area contributed by atoms with Gasteiger partial charge in [-0.3, -0.25) is 4.79 Å². The minimum atomic E-state index is 0.270. The molecule has 88 valence electrons. The zero-order valence-electron chi connectivity index (χ0n) is 9.74. The van der Waals surface area contributed by atoms with E-state index in [1.54, 1.807) is 0 Å². The Bertz CT molecular complexity index is 194. The molecular formula is C12H23NO2. The summed E-state index contributed by atoms with van der Waals surface area (Å²) in [5.74, 6) is 0.929. The molecule has 1 rings (SSSR count). The molecule has 1 N–H and O–H groups in total. The number of hydrogen-bond donors (Lipinski definition) is 1. The van der Waals surface area contributed by atoms with Crippen molar-refractivity contribution in [3.05, 3.63) is 0 Å². The van der Waals surface area contributed by atoms with Gasteiger partial charge < -0.3 is 10.0 Å². The largest absolute Gasteiger partial charge is 0.396 e. The lowest BCUT2D eigenvalue weighted by Crippen LogP contribution is -2.26. The molecular weight excluding hydrogens is 190 g/mol. The second-order valence-corrected chi connectivity index (χ2v) is 4.48. The summed E-state index contributed by atoms with van der Waals surface area (Å²) in [4.78, 5) is 13.6. The second-order valence-electron chi connectivity index (χ2n) is 4.48. The van der Waals surface area contributed by atoms with Crippen molar-refractivity contribution in [2.75, 3.05) is 19.7 Å². The Labute approximate surface area is 92.5 Å². The van der Waals surface area contributed by atoms with Crippen LogP contribution in [0.15, 0.2) is 0 Å². The van der Waals surface area contributed by atoms with E-state index in [0.717, 1.165) is 38.8 Å². The predicted octanol–water partition coefficient (Wildman–Crippen LogP) is 1.80. The van der Waals surface area contributed by atoms with Crippen LogP contribution in [-0.4, -0.2) is 35.6 Å². The van der Waals surface area contributed by atoms with Crippen LogP contribution in [0.5, 0.6) is 0 Å². The number of carbonyl (C=O) groups is 1. The molecule has 1 heterocycles. The summed E-state index contributed by atoms with van der Waals surface area (Å²) >= 11 is 0. The van der Waals surface area contributed by atoms with Crippen molar-refractivity contribution in [3.63, 3.8) is 0 Å². The van der Waals surface area contributed by atoms with Crippen LogP contribution < -0.4 is 0 Å². The molecule has 0 spiro atoms. The van der Waals surface area contributed by atoms with E-state index in [9.17, 15) is 4.79 Å². The van der Waals surface area contributed by atoms with Gasteiger partial charge in [0.25, 0.3) is 0 Å². The minimum absolute atomic E-state index is 0.270. The second kappa shape index (κ2) is 6.83. The van der Waals surface area contributed by atoms with Gasteiger partial charge in [0.2, 0.25) is 5.91 Å². The van der Waals surface area contributed by atoms with E-state index in [4.69, 9.17) is 5.11 Å². The molecule has 1 aliphatic heterocycles. The Morgan fingerprint density at radius 3 is 2.87 bits per heavy atom. The van der Waals surface area contributed by atoms with Gasteiger partial charge in [-0.1, -0.05) is 13.3 Å². The molecule has 1 atom stereocenters. The Morgan fingerprint density at radius 1 is 1.40 bits per heavy atom. The van der Waals surface area contributed by atoms with Gasteiger partial charge in [-0.15, -0.1) is 0 Å². The summed E-state index contributed by atoms with van der Waals surface area (Å²) < 4.78 is 0. The number of aliphatic hydroxyl groups excluding tert-OH is 1. The van der Waals surface area contributed by atoms with Crippen LogP contribution in [0.1, 0.15) is 45.4 Å². The molecule has 0 bridgehead atoms. The molecule has 0 aliphatic carbocycles. The lowest BCUT2D eigenvalue weighted by atomic mass is 10.0. The van der Waals surface area contributed by atoms with Gasteiger partial charge >= 0.3 is 0 Å². The maximum absolute atomic E-state index is 11.6. The molecule has 3 nitrogen and oxygen atoms in total. The lowest BCUT2D eigenvalue weighted by Gasteiger charge is -2.16. The van der Waals surface area contributed by atoms with Crippen molar-refractivity contribution in [2.45, 2.75) is 45.4 Å². The van der Waals surface area contributed by atoms with Gasteiger partial charge in [0, 0.05) is 26.1 Å². The third kappa shape index (κ3) is 4.20. The zero-order chi connectivity index (χ0) is 11.1. The fourth-order valence-electron chi connectivity index (χ4n) is 2.26. The summed E-state index contributed by atoms with van der Waals surface area (Å²) in [6.07, 6.45) is 6.04. The molecule has 3 heteroatoms. The van der Waals surface area contributed by atoms with E-state index in [2.05, 4.69) is 6.92 Å². The van der Waals surface area contributed by atoms with Gasteiger partial charge in [-0.05, 0) is 31.6 Å². The highest BCUT2D eigenvalue weighted by atomic mass is 16.2. The van der Waals surface area contributed by atoms with Gasteiger partial charge in [-0.2, -0.15) is 0 Å². The fraction of sp³-hybridized carbons (Fsp3) is 0.917. The number of amides is 1. The molecule has 1 amide bonds. The van der Waals surface area contributed by atoms with E-state index >= 15 is 0 Å². The number of nitrogens with zero attached hydrogens (tertiary/aromatic N) is 1. The topological polar surface area (TPSA) is 40.5 Å². The Kier molecular flexibility index (Phi) is 5.69. The van der Waals surface area contributed by atoms with E-state index in [0.29, 0.717) is 11.8 Å². The quantitative estimate of drug-likeness (QED) is 0.655. The van der Waals surface area contributed by atoms with Crippen LogP contribution in [0.25, 0.3) is 0 Å². The van der Waals surface area contributed by atoms with Crippen molar-refractivity contribution >= 4 is 5.91 Å². The molecule has 15 heavy (non-hydrogen) atoms. The van der Waals surface area contributed by atoms with Crippen LogP contribution in [0, 0.1) is 5.92 Å². The standard InChI is InChI=1S/C12H23NO2/c1-2-6-11-9-12(15)13(10-11)7-4-3-5-8-14/h11,14H,2-10H2,1H3. The van der Waals surface area contributed by atoms with Crippen LogP contribution in [0.4, 0.5) is 0 Å². The summed E-state index contributed by atoms with van der Waals surface area (Å²) in [5, 5.41) is 8.64. The smallest absolute Gasteiger partial charge is 0.222 e. The van der Waals surface area contributed by atoms with Crippen LogP contribution >= 0.6 is 0 Å². The van der Waals surface area contributed by atoms with Gasteiger partial charge in [0.05, 0.1) is 0 Å². The summed E-state index contributed by atoms with van der Waals surface area (Å²) in [7, 11) is 0. The van der Waals surface area contributed by atoms with Gasteiger partial charge in [0.15, 0.2) is 0 Å². The van der Waals surface area contributed by atoms with E-state index in [1.165, 1.54) is 12.8 Å². The van der Waals surface area contributed by atoms with Crippen LogP contribution in [-0.2, 0) is 4.79 Å². The number of likely N-dealkylation sites (tertiary alicyclic amines) is 1. The maximum Gasteiger partial charge on any atom is 0.222 e. The minimum Gasteiger partial charge on any atom is -0.396 e. The summed E-state index contributed by atoms with van der Waals surface area (Å²) in [6.45, 7) is 4.30. The van der Waals surface area contributed by atoms with E-state index < -0.39 is 0 Å². The molecule has 1 aliphatic rings. The average molecular weight is 213 g/mol. The monoisotopic (exact) mass is 213 g/mol. The number of rotatable bonds is 7. The first-order valence-electron chi connectivity index (χ1n) is 6.16. The fourth-order valence-corrected chi connectivity index (χ4v) is 2.26. The third-order valence-electron chi connectivity index (χ3n) is 3.08. The molecule has 0 aromatic carbocycles. The highest BCUT2D eigenvalue weighted by Crippen LogP contribution is 2.22. The molecule has 0 radical (unpaired) electrons. The molecule has 1 unspecified atom stereocenters. The average Bonchev–Trinajstić information content (AvgIpc) is 2.55. The maximum atomic E-state index is 11.6. The molecule has 0 aromatic heterocycles. The Morgan fingerprint density at radius 2 is 2.20 bits per heavy atom. The summed E-state index contributed by atoms with van der Waals surface area (Å²) in [6, 6.07) is 0. The number of aliphatic hydroxyl groups is 1. The first-order chi connectivity index (χ1) is 7.27. The highest BCUT2D eigenvalue weighted by molar-refractivity contribution is 5.78. The first-order valence-corrected chi connectivity index (χ1v) is 6.16. The number of hydrogen-bond acceptors (Lipinski definition) is 2. The molecule has 1 saturated heterocycles. The number of unbranched alkanes of at least 4 members (excludes halogenated alkanes) is 2. The van der Waals surface area contributed by atoms with Crippen molar-refractivity contribution in [2.24, 2.45) is 5.92 Å². The van der Waals surface area contributed by atoms with Crippen molar-refractivity contribution in [1.82, 2.24) is 4.90 Å². The Balaban J connectivity index is 2.16. The normalized spacial score (nSPS) is 21.3.